The molecule has 1 amide bonds. The van der Waals surface area contributed by atoms with Crippen molar-refractivity contribution in [3.63, 3.8) is 0 Å². The zero-order chi connectivity index (χ0) is 14.8. The molecule has 1 unspecified atom stereocenters. The molecular weight excluding hydrogens is 268 g/mol. The van der Waals surface area contributed by atoms with Gasteiger partial charge in [-0.1, -0.05) is 5.16 Å². The van der Waals surface area contributed by atoms with Gasteiger partial charge in [0, 0.05) is 25.0 Å². The number of hydrogen-bond donors (Lipinski definition) is 1. The number of aryl methyl sites for hydroxylation is 2. The Balaban J connectivity index is 1.63. The van der Waals surface area contributed by atoms with Gasteiger partial charge >= 0.3 is 0 Å². The van der Waals surface area contributed by atoms with E-state index in [1.807, 2.05) is 19.3 Å². The van der Waals surface area contributed by atoms with Crippen molar-refractivity contribution >= 4 is 11.7 Å². The van der Waals surface area contributed by atoms with Gasteiger partial charge < -0.3 is 14.4 Å². The smallest absolute Gasteiger partial charge is 0.239 e. The van der Waals surface area contributed by atoms with Crippen LogP contribution in [0.3, 0.4) is 0 Å². The lowest BCUT2D eigenvalue weighted by Crippen LogP contribution is -2.33. The van der Waals surface area contributed by atoms with Crippen LogP contribution in [0.5, 0.6) is 0 Å². The van der Waals surface area contributed by atoms with E-state index in [4.69, 9.17) is 4.52 Å². The normalized spacial score (nSPS) is 19.0. The van der Waals surface area contributed by atoms with Gasteiger partial charge in [-0.2, -0.15) is 0 Å². The standard InChI is InChI=1S/C15H20N4O2/c1-11-9-14(17-21-11)16-15(20)10-19-8-4-6-13(19)12-5-3-7-18(12)2/h3,5,7,9,13H,4,6,8,10H2,1-2H3,(H,16,17,20). The van der Waals surface area contributed by atoms with E-state index in [-0.39, 0.29) is 5.91 Å². The topological polar surface area (TPSA) is 63.3 Å². The third kappa shape index (κ3) is 3.00. The average molecular weight is 288 g/mol. The second kappa shape index (κ2) is 5.73. The van der Waals surface area contributed by atoms with Crippen molar-refractivity contribution in [2.24, 2.45) is 7.05 Å². The van der Waals surface area contributed by atoms with E-state index in [9.17, 15) is 4.79 Å². The molecule has 0 spiro atoms. The zero-order valence-corrected chi connectivity index (χ0v) is 12.4. The van der Waals surface area contributed by atoms with Crippen molar-refractivity contribution in [3.05, 3.63) is 35.9 Å². The molecule has 0 saturated carbocycles. The van der Waals surface area contributed by atoms with Crippen molar-refractivity contribution in [1.29, 1.82) is 0 Å². The summed E-state index contributed by atoms with van der Waals surface area (Å²) < 4.78 is 7.08. The molecule has 21 heavy (non-hydrogen) atoms. The summed E-state index contributed by atoms with van der Waals surface area (Å²) in [5.74, 6) is 1.12. The van der Waals surface area contributed by atoms with Crippen molar-refractivity contribution in [2.75, 3.05) is 18.4 Å². The van der Waals surface area contributed by atoms with Crippen molar-refractivity contribution in [3.8, 4) is 0 Å². The fraction of sp³-hybridized carbons (Fsp3) is 0.467. The maximum Gasteiger partial charge on any atom is 0.239 e. The Morgan fingerprint density at radius 2 is 2.43 bits per heavy atom. The number of carbonyl (C=O) groups excluding carboxylic acids is 1. The predicted molar refractivity (Wildman–Crippen MR) is 78.8 cm³/mol. The van der Waals surface area contributed by atoms with Crippen LogP contribution >= 0.6 is 0 Å². The largest absolute Gasteiger partial charge is 0.360 e. The van der Waals surface area contributed by atoms with Crippen LogP contribution in [-0.2, 0) is 11.8 Å². The summed E-state index contributed by atoms with van der Waals surface area (Å²) in [6.45, 7) is 3.12. The van der Waals surface area contributed by atoms with Gasteiger partial charge in [-0.25, -0.2) is 0 Å². The molecule has 0 aromatic carbocycles. The molecule has 1 aliphatic heterocycles. The molecule has 0 aliphatic carbocycles. The van der Waals surface area contributed by atoms with Crippen LogP contribution in [0.2, 0.25) is 0 Å². The van der Waals surface area contributed by atoms with E-state index in [0.29, 0.717) is 24.2 Å². The number of amides is 1. The molecule has 3 rings (SSSR count). The lowest BCUT2D eigenvalue weighted by atomic mass is 10.1. The second-order valence-electron chi connectivity index (χ2n) is 5.54. The SMILES string of the molecule is Cc1cc(NC(=O)CN2CCCC2c2cccn2C)no1. The van der Waals surface area contributed by atoms with Crippen LogP contribution in [0.1, 0.15) is 30.3 Å². The summed E-state index contributed by atoms with van der Waals surface area (Å²) >= 11 is 0. The Bertz CT molecular complexity index is 631. The molecule has 2 aromatic heterocycles. The van der Waals surface area contributed by atoms with Gasteiger partial charge in [0.25, 0.3) is 0 Å². The summed E-state index contributed by atoms with van der Waals surface area (Å²) in [4.78, 5) is 14.4. The number of hydrogen-bond acceptors (Lipinski definition) is 4. The highest BCUT2D eigenvalue weighted by atomic mass is 16.5. The van der Waals surface area contributed by atoms with E-state index < -0.39 is 0 Å². The maximum atomic E-state index is 12.1. The molecule has 6 nitrogen and oxygen atoms in total. The molecule has 0 radical (unpaired) electrons. The van der Waals surface area contributed by atoms with E-state index in [1.165, 1.54) is 5.69 Å². The maximum absolute atomic E-state index is 12.1. The third-order valence-electron chi connectivity index (χ3n) is 3.93. The number of anilines is 1. The monoisotopic (exact) mass is 288 g/mol. The highest BCUT2D eigenvalue weighted by molar-refractivity contribution is 5.91. The van der Waals surface area contributed by atoms with Crippen LogP contribution < -0.4 is 5.32 Å². The molecule has 0 bridgehead atoms. The number of aromatic nitrogens is 2. The van der Waals surface area contributed by atoms with Crippen LogP contribution in [-0.4, -0.2) is 33.6 Å². The van der Waals surface area contributed by atoms with Gasteiger partial charge in [-0.15, -0.1) is 0 Å². The van der Waals surface area contributed by atoms with Crippen molar-refractivity contribution in [2.45, 2.75) is 25.8 Å². The highest BCUT2D eigenvalue weighted by Crippen LogP contribution is 2.31. The van der Waals surface area contributed by atoms with Crippen molar-refractivity contribution in [1.82, 2.24) is 14.6 Å². The van der Waals surface area contributed by atoms with Gasteiger partial charge in [0.05, 0.1) is 12.6 Å². The lowest BCUT2D eigenvalue weighted by Gasteiger charge is -2.24. The second-order valence-corrected chi connectivity index (χ2v) is 5.54. The van der Waals surface area contributed by atoms with Crippen LogP contribution in [0, 0.1) is 6.92 Å². The third-order valence-corrected chi connectivity index (χ3v) is 3.93. The first-order chi connectivity index (χ1) is 10.1. The molecule has 6 heteroatoms. The molecule has 1 saturated heterocycles. The number of nitrogens with zero attached hydrogens (tertiary/aromatic N) is 3. The number of nitrogens with one attached hydrogen (secondary N) is 1. The zero-order valence-electron chi connectivity index (χ0n) is 12.4. The first kappa shape index (κ1) is 13.9. The van der Waals surface area contributed by atoms with Crippen LogP contribution in [0.15, 0.2) is 28.9 Å². The molecule has 1 aliphatic rings. The molecule has 2 aromatic rings. The Kier molecular flexibility index (Phi) is 3.79. The minimum Gasteiger partial charge on any atom is -0.360 e. The molecular formula is C15H20N4O2. The Morgan fingerprint density at radius 3 is 3.10 bits per heavy atom. The lowest BCUT2D eigenvalue weighted by molar-refractivity contribution is -0.117. The van der Waals surface area contributed by atoms with Gasteiger partial charge in [-0.3, -0.25) is 9.69 Å². The van der Waals surface area contributed by atoms with E-state index in [1.54, 1.807) is 13.0 Å². The van der Waals surface area contributed by atoms with Crippen LogP contribution in [0.4, 0.5) is 5.82 Å². The molecule has 1 atom stereocenters. The number of carbonyl (C=O) groups is 1. The highest BCUT2D eigenvalue weighted by Gasteiger charge is 2.29. The van der Waals surface area contributed by atoms with Crippen LogP contribution in [0.25, 0.3) is 0 Å². The summed E-state index contributed by atoms with van der Waals surface area (Å²) in [5, 5.41) is 6.56. The van der Waals surface area contributed by atoms with E-state index in [2.05, 4.69) is 26.0 Å². The summed E-state index contributed by atoms with van der Waals surface area (Å²) in [6, 6.07) is 6.21. The first-order valence-electron chi connectivity index (χ1n) is 7.22. The molecule has 1 fully saturated rings. The van der Waals surface area contributed by atoms with Gasteiger partial charge in [0.2, 0.25) is 5.91 Å². The molecule has 3 heterocycles. The van der Waals surface area contributed by atoms with Gasteiger partial charge in [0.15, 0.2) is 5.82 Å². The minimum atomic E-state index is -0.0515. The van der Waals surface area contributed by atoms with Gasteiger partial charge in [0.1, 0.15) is 5.76 Å². The summed E-state index contributed by atoms with van der Waals surface area (Å²) in [6.07, 6.45) is 4.25. The Labute approximate surface area is 123 Å². The molecule has 1 N–H and O–H groups in total. The Hall–Kier alpha value is -2.08. The summed E-state index contributed by atoms with van der Waals surface area (Å²) in [5.41, 5.74) is 1.26. The molecule has 112 valence electrons. The van der Waals surface area contributed by atoms with Crippen molar-refractivity contribution < 1.29 is 9.32 Å². The summed E-state index contributed by atoms with van der Waals surface area (Å²) in [7, 11) is 2.05. The number of likely N-dealkylation sites (tertiary alicyclic amines) is 1. The average Bonchev–Trinajstić information content (AvgIpc) is 3.12. The van der Waals surface area contributed by atoms with E-state index >= 15 is 0 Å². The predicted octanol–water partition coefficient (Wildman–Crippen LogP) is 2.10. The quantitative estimate of drug-likeness (QED) is 0.935. The number of rotatable bonds is 4. The fourth-order valence-electron chi connectivity index (χ4n) is 2.96. The van der Waals surface area contributed by atoms with Gasteiger partial charge in [-0.05, 0) is 38.4 Å². The first-order valence-corrected chi connectivity index (χ1v) is 7.22. The minimum absolute atomic E-state index is 0.0515. The Morgan fingerprint density at radius 1 is 1.57 bits per heavy atom. The van der Waals surface area contributed by atoms with E-state index in [0.717, 1.165) is 19.4 Å². The fourth-order valence-corrected chi connectivity index (χ4v) is 2.96.